The summed E-state index contributed by atoms with van der Waals surface area (Å²) >= 11 is 0. The molecule has 0 amide bonds. The summed E-state index contributed by atoms with van der Waals surface area (Å²) in [5, 5.41) is 44.1. The monoisotopic (exact) mass is 1060 g/mol. The molecule has 13 aromatic rings. The van der Waals surface area contributed by atoms with Crippen molar-refractivity contribution in [3.05, 3.63) is 295 Å². The zero-order chi connectivity index (χ0) is 56.2. The third-order valence-electron chi connectivity index (χ3n) is 15.0. The molecule has 2 heterocycles. The van der Waals surface area contributed by atoms with Gasteiger partial charge in [0.2, 0.25) is 0 Å². The molecule has 0 aliphatic heterocycles. The van der Waals surface area contributed by atoms with E-state index in [1.807, 2.05) is 176 Å². The highest BCUT2D eigenvalue weighted by Crippen LogP contribution is 2.44. The average Bonchev–Trinajstić information content (AvgIpc) is 3.98. The minimum atomic E-state index is 0.383. The van der Waals surface area contributed by atoms with E-state index in [2.05, 4.69) is 124 Å². The van der Waals surface area contributed by atoms with Crippen LogP contribution in [0.5, 0.6) is 0 Å². The first-order valence-corrected chi connectivity index (χ1v) is 26.9. The van der Waals surface area contributed by atoms with Crippen LogP contribution in [0.2, 0.25) is 0 Å². The molecular weight excluding hydrogens is 1010 g/mol. The van der Waals surface area contributed by atoms with Gasteiger partial charge in [0.15, 0.2) is 5.82 Å². The van der Waals surface area contributed by atoms with Crippen LogP contribution in [0.1, 0.15) is 22.3 Å². The third kappa shape index (κ3) is 9.52. The second-order valence-electron chi connectivity index (χ2n) is 19.8. The predicted molar refractivity (Wildman–Crippen MR) is 332 cm³/mol. The van der Waals surface area contributed by atoms with Crippen LogP contribution < -0.4 is 9.80 Å². The maximum Gasteiger partial charge on any atom is 0.161 e. The van der Waals surface area contributed by atoms with Crippen molar-refractivity contribution in [1.82, 2.24) is 14.5 Å². The van der Waals surface area contributed by atoms with Gasteiger partial charge in [0.05, 0.1) is 68.6 Å². The number of benzene rings is 11. The maximum atomic E-state index is 11.1. The van der Waals surface area contributed by atoms with Gasteiger partial charge in [0, 0.05) is 67.2 Å². The minimum Gasteiger partial charge on any atom is -0.310 e. The second-order valence-corrected chi connectivity index (χ2v) is 19.8. The number of rotatable bonds is 12. The van der Waals surface area contributed by atoms with Gasteiger partial charge in [-0.15, -0.1) is 0 Å². The molecule has 0 aliphatic rings. The largest absolute Gasteiger partial charge is 0.310 e. The van der Waals surface area contributed by atoms with Gasteiger partial charge in [0.1, 0.15) is 6.07 Å². The number of para-hydroxylation sites is 4. The normalized spacial score (nSPS) is 10.8. The molecule has 0 bridgehead atoms. The number of aromatic nitrogens is 3. The van der Waals surface area contributed by atoms with E-state index in [1.54, 1.807) is 12.1 Å². The smallest absolute Gasteiger partial charge is 0.161 e. The van der Waals surface area contributed by atoms with E-state index >= 15 is 0 Å². The summed E-state index contributed by atoms with van der Waals surface area (Å²) in [5.41, 5.74) is 16.7. The Morgan fingerprint density at radius 1 is 0.289 bits per heavy atom. The zero-order valence-corrected chi connectivity index (χ0v) is 44.5. The minimum absolute atomic E-state index is 0.383. The molecule has 13 rings (SSSR count). The molecule has 9 heteroatoms. The van der Waals surface area contributed by atoms with E-state index in [4.69, 9.17) is 9.97 Å². The van der Waals surface area contributed by atoms with Crippen molar-refractivity contribution >= 4 is 55.9 Å². The average molecular weight is 1060 g/mol. The highest BCUT2D eigenvalue weighted by molar-refractivity contribution is 6.12. The van der Waals surface area contributed by atoms with Crippen LogP contribution in [-0.2, 0) is 0 Å². The van der Waals surface area contributed by atoms with Crippen molar-refractivity contribution in [2.75, 3.05) is 9.80 Å². The van der Waals surface area contributed by atoms with Crippen LogP contribution in [0, 0.1) is 45.3 Å². The van der Waals surface area contributed by atoms with Gasteiger partial charge in [-0.25, -0.2) is 9.97 Å². The highest BCUT2D eigenvalue weighted by atomic mass is 15.1. The van der Waals surface area contributed by atoms with Gasteiger partial charge >= 0.3 is 0 Å². The molecule has 2 aromatic heterocycles. The summed E-state index contributed by atoms with van der Waals surface area (Å²) in [5.74, 6) is 0.383. The van der Waals surface area contributed by atoms with E-state index in [9.17, 15) is 21.0 Å². The molecule has 9 nitrogen and oxygen atoms in total. The highest BCUT2D eigenvalue weighted by Gasteiger charge is 2.23. The Bertz CT molecular complexity index is 4470. The van der Waals surface area contributed by atoms with E-state index in [-0.39, 0.29) is 0 Å². The lowest BCUT2D eigenvalue weighted by atomic mass is 9.94. The standard InChI is InChI=1S/C74H45N9/c75-46-54-17-13-15-27-64(54)70-45-69(79-74(80-70)65-28-16-14-18-55(65)47-76)53-35-31-51(32-36-53)50-29-33-52(34-30-50)66-41-57(49-78)73(42-56(66)48-77)83-71-39-37-62(81(58-19-5-1-6-20-58)59-21-7-2-8-22-59)43-67(71)68-44-63(38-40-72(68)83)82(60-23-9-3-10-24-60)61-25-11-4-12-26-61/h1-45H. The van der Waals surface area contributed by atoms with Crippen molar-refractivity contribution in [2.45, 2.75) is 0 Å². The van der Waals surface area contributed by atoms with E-state index in [0.29, 0.717) is 61.8 Å². The Morgan fingerprint density at radius 2 is 0.687 bits per heavy atom. The Kier molecular flexibility index (Phi) is 13.3. The Morgan fingerprint density at radius 3 is 1.16 bits per heavy atom. The second kappa shape index (κ2) is 21.9. The quantitative estimate of drug-likeness (QED) is 0.118. The molecule has 83 heavy (non-hydrogen) atoms. The third-order valence-corrected chi connectivity index (χ3v) is 15.0. The Hall–Kier alpha value is -12.1. The Labute approximate surface area is 480 Å². The number of hydrogen-bond acceptors (Lipinski definition) is 8. The number of anilines is 6. The number of nitriles is 4. The van der Waals surface area contributed by atoms with Crippen molar-refractivity contribution in [1.29, 1.82) is 21.0 Å². The molecule has 0 spiro atoms. The number of nitrogens with zero attached hydrogens (tertiary/aromatic N) is 9. The summed E-state index contributed by atoms with van der Waals surface area (Å²) in [4.78, 5) is 14.3. The molecule has 0 aliphatic carbocycles. The lowest BCUT2D eigenvalue weighted by molar-refractivity contribution is 1.16. The van der Waals surface area contributed by atoms with Crippen molar-refractivity contribution in [3.63, 3.8) is 0 Å². The first-order chi connectivity index (χ1) is 41.0. The summed E-state index contributed by atoms with van der Waals surface area (Å²) < 4.78 is 2.12. The fourth-order valence-corrected chi connectivity index (χ4v) is 11.0. The van der Waals surface area contributed by atoms with Crippen LogP contribution in [0.15, 0.2) is 273 Å². The predicted octanol–water partition coefficient (Wildman–Crippen LogP) is 18.3. The first kappa shape index (κ1) is 50.4. The fourth-order valence-electron chi connectivity index (χ4n) is 11.0. The maximum absolute atomic E-state index is 11.1. The molecule has 386 valence electrons. The molecule has 11 aromatic carbocycles. The van der Waals surface area contributed by atoms with Gasteiger partial charge in [-0.2, -0.15) is 21.0 Å². The Balaban J connectivity index is 0.892. The van der Waals surface area contributed by atoms with E-state index in [0.717, 1.165) is 78.2 Å². The molecule has 0 N–H and O–H groups in total. The molecule has 0 fully saturated rings. The summed E-state index contributed by atoms with van der Waals surface area (Å²) in [6.07, 6.45) is 0. The molecular formula is C74H45N9. The lowest BCUT2D eigenvalue weighted by Crippen LogP contribution is -2.09. The van der Waals surface area contributed by atoms with Crippen LogP contribution >= 0.6 is 0 Å². The van der Waals surface area contributed by atoms with Crippen LogP contribution in [0.3, 0.4) is 0 Å². The van der Waals surface area contributed by atoms with Crippen LogP contribution in [0.25, 0.3) is 83.6 Å². The lowest BCUT2D eigenvalue weighted by Gasteiger charge is -2.26. The van der Waals surface area contributed by atoms with Crippen molar-refractivity contribution in [2.24, 2.45) is 0 Å². The fraction of sp³-hybridized carbons (Fsp3) is 0. The molecule has 0 unspecified atom stereocenters. The summed E-state index contributed by atoms with van der Waals surface area (Å²) in [7, 11) is 0. The van der Waals surface area contributed by atoms with Crippen molar-refractivity contribution < 1.29 is 0 Å². The summed E-state index contributed by atoms with van der Waals surface area (Å²) in [6.45, 7) is 0. The molecule has 0 radical (unpaired) electrons. The topological polar surface area (TPSA) is 132 Å². The van der Waals surface area contributed by atoms with Crippen LogP contribution in [-0.4, -0.2) is 14.5 Å². The zero-order valence-electron chi connectivity index (χ0n) is 44.5. The van der Waals surface area contributed by atoms with Gasteiger partial charge < -0.3 is 14.4 Å². The number of hydrogen-bond donors (Lipinski definition) is 0. The first-order valence-electron chi connectivity index (χ1n) is 26.9. The molecule has 0 saturated heterocycles. The SMILES string of the molecule is N#Cc1cc(-n2c3ccc(N(c4ccccc4)c4ccccc4)cc3c3cc(N(c4ccccc4)c4ccccc4)ccc32)c(C#N)cc1-c1ccc(-c2ccc(-c3cc(-c4ccccc4C#N)nc(-c4ccccc4C#N)n3)cc2)cc1. The molecule has 0 atom stereocenters. The number of fused-ring (bicyclic) bond motifs is 3. The van der Waals surface area contributed by atoms with Crippen molar-refractivity contribution in [3.8, 4) is 86.1 Å². The van der Waals surface area contributed by atoms with Gasteiger partial charge in [-0.05, 0) is 138 Å². The summed E-state index contributed by atoms with van der Waals surface area (Å²) in [6, 6.07) is 100. The molecule has 0 saturated carbocycles. The van der Waals surface area contributed by atoms with E-state index < -0.39 is 0 Å². The van der Waals surface area contributed by atoms with E-state index in [1.165, 1.54) is 0 Å². The van der Waals surface area contributed by atoms with Gasteiger partial charge in [-0.1, -0.05) is 152 Å². The van der Waals surface area contributed by atoms with Gasteiger partial charge in [-0.3, -0.25) is 0 Å². The van der Waals surface area contributed by atoms with Gasteiger partial charge in [0.25, 0.3) is 0 Å². The van der Waals surface area contributed by atoms with Crippen LogP contribution in [0.4, 0.5) is 34.1 Å².